The first kappa shape index (κ1) is 9.95. The number of hydrogen-bond donors (Lipinski definition) is 0. The maximum atomic E-state index is 12.7. The molecule has 0 N–H and O–H groups in total. The Labute approximate surface area is 66.8 Å². The highest BCUT2D eigenvalue weighted by Gasteiger charge is 1.96. The summed E-state index contributed by atoms with van der Waals surface area (Å²) in [7, 11) is 1.52. The third-order valence-corrected chi connectivity index (χ3v) is 1.38. The average molecular weight is 156 g/mol. The topological polar surface area (TPSA) is 9.23 Å². The van der Waals surface area contributed by atoms with Crippen molar-refractivity contribution in [1.29, 1.82) is 0 Å². The molecule has 0 spiro atoms. The van der Waals surface area contributed by atoms with E-state index in [2.05, 4.69) is 0 Å². The number of methoxy groups -OCH3 is 1. The molecule has 0 aliphatic heterocycles. The molecule has 0 heterocycles. The first-order valence-corrected chi connectivity index (χ1v) is 3.04. The van der Waals surface area contributed by atoms with E-state index in [1.807, 2.05) is 0 Å². The van der Waals surface area contributed by atoms with Gasteiger partial charge in [-0.15, -0.1) is 0 Å². The molecule has 0 bridgehead atoms. The van der Waals surface area contributed by atoms with Gasteiger partial charge in [0.25, 0.3) is 0 Å². The highest BCUT2D eigenvalue weighted by molar-refractivity contribution is 5.27. The summed E-state index contributed by atoms with van der Waals surface area (Å²) in [5.74, 6) is 0.336. The van der Waals surface area contributed by atoms with Crippen LogP contribution in [0.1, 0.15) is 13.0 Å². The van der Waals surface area contributed by atoms with Crippen LogP contribution in [0, 0.1) is 12.7 Å². The number of aryl methyl sites for hydroxylation is 1. The van der Waals surface area contributed by atoms with Crippen molar-refractivity contribution in [2.75, 3.05) is 7.11 Å². The van der Waals surface area contributed by atoms with E-state index in [-0.39, 0.29) is 13.2 Å². The second-order valence-corrected chi connectivity index (χ2v) is 2.12. The third kappa shape index (κ3) is 2.22. The van der Waals surface area contributed by atoms with Crippen LogP contribution in [-0.2, 0) is 0 Å². The van der Waals surface area contributed by atoms with Gasteiger partial charge in [-0.1, -0.05) is 13.5 Å². The number of ether oxygens (including phenoxy) is 1. The fourth-order valence-electron chi connectivity index (χ4n) is 0.701. The van der Waals surface area contributed by atoms with Gasteiger partial charge in [0, 0.05) is 6.07 Å². The Hall–Kier alpha value is -1.05. The van der Waals surface area contributed by atoms with Crippen molar-refractivity contribution in [3.05, 3.63) is 29.6 Å². The van der Waals surface area contributed by atoms with E-state index in [0.717, 1.165) is 0 Å². The van der Waals surface area contributed by atoms with Gasteiger partial charge in [0.05, 0.1) is 7.11 Å². The van der Waals surface area contributed by atoms with E-state index >= 15 is 0 Å². The van der Waals surface area contributed by atoms with Crippen LogP contribution in [0.5, 0.6) is 5.75 Å². The normalized spacial score (nSPS) is 8.64. The van der Waals surface area contributed by atoms with Gasteiger partial charge in [-0.2, -0.15) is 0 Å². The Bertz CT molecular complexity index is 233. The van der Waals surface area contributed by atoms with Gasteiger partial charge in [-0.25, -0.2) is 4.39 Å². The van der Waals surface area contributed by atoms with Crippen molar-refractivity contribution >= 4 is 0 Å². The summed E-state index contributed by atoms with van der Waals surface area (Å²) in [4.78, 5) is 0. The molecular weight excluding hydrogens is 143 g/mol. The lowest BCUT2D eigenvalue weighted by molar-refractivity contribution is 0.411. The van der Waals surface area contributed by atoms with Gasteiger partial charge in [-0.3, -0.25) is 0 Å². The lowest BCUT2D eigenvalue weighted by atomic mass is 10.2. The van der Waals surface area contributed by atoms with Crippen molar-refractivity contribution in [3.8, 4) is 5.75 Å². The van der Waals surface area contributed by atoms with Gasteiger partial charge in [0.2, 0.25) is 0 Å². The molecule has 0 aliphatic carbocycles. The fraction of sp³-hybridized carbons (Fsp3) is 0.333. The summed E-state index contributed by atoms with van der Waals surface area (Å²) in [5, 5.41) is 0. The number of hydrogen-bond acceptors (Lipinski definition) is 1. The van der Waals surface area contributed by atoms with E-state index in [0.29, 0.717) is 11.3 Å². The average Bonchev–Trinajstić information content (AvgIpc) is 1.95. The van der Waals surface area contributed by atoms with Crippen LogP contribution in [-0.4, -0.2) is 7.11 Å². The highest BCUT2D eigenvalue weighted by atomic mass is 19.1. The van der Waals surface area contributed by atoms with E-state index < -0.39 is 0 Å². The number of rotatable bonds is 1. The number of halogens is 1. The second-order valence-electron chi connectivity index (χ2n) is 2.12. The van der Waals surface area contributed by atoms with E-state index in [4.69, 9.17) is 4.74 Å². The molecule has 2 heteroatoms. The molecule has 0 aliphatic rings. The first-order valence-electron chi connectivity index (χ1n) is 3.04. The molecule has 62 valence electrons. The van der Waals surface area contributed by atoms with E-state index in [1.165, 1.54) is 13.2 Å². The molecule has 11 heavy (non-hydrogen) atoms. The Morgan fingerprint density at radius 1 is 1.36 bits per heavy atom. The summed E-state index contributed by atoms with van der Waals surface area (Å²) >= 11 is 0. The minimum absolute atomic E-state index is 0. The SMILES string of the molecule is C.COc1ccc(C)c(F)c1. The summed E-state index contributed by atoms with van der Waals surface area (Å²) in [5.41, 5.74) is 0.640. The molecule has 0 radical (unpaired) electrons. The summed E-state index contributed by atoms with van der Waals surface area (Å²) in [6, 6.07) is 4.79. The Morgan fingerprint density at radius 3 is 2.45 bits per heavy atom. The molecule has 1 rings (SSSR count). The Balaban J connectivity index is 0.000001000. The fourth-order valence-corrected chi connectivity index (χ4v) is 0.701. The zero-order valence-corrected chi connectivity index (χ0v) is 6.02. The zero-order chi connectivity index (χ0) is 7.56. The van der Waals surface area contributed by atoms with Crippen LogP contribution in [0.15, 0.2) is 18.2 Å². The summed E-state index contributed by atoms with van der Waals surface area (Å²) < 4.78 is 17.5. The Kier molecular flexibility index (Phi) is 3.58. The quantitative estimate of drug-likeness (QED) is 0.607. The summed E-state index contributed by atoms with van der Waals surface area (Å²) in [6.07, 6.45) is 0. The zero-order valence-electron chi connectivity index (χ0n) is 6.02. The van der Waals surface area contributed by atoms with Crippen molar-refractivity contribution in [2.24, 2.45) is 0 Å². The smallest absolute Gasteiger partial charge is 0.129 e. The third-order valence-electron chi connectivity index (χ3n) is 1.38. The molecule has 0 unspecified atom stereocenters. The van der Waals surface area contributed by atoms with Crippen LogP contribution in [0.2, 0.25) is 0 Å². The standard InChI is InChI=1S/C8H9FO.CH4/c1-6-3-4-7(10-2)5-8(6)9;/h3-5H,1-2H3;1H4. The van der Waals surface area contributed by atoms with Crippen molar-refractivity contribution in [2.45, 2.75) is 14.4 Å². The molecule has 1 nitrogen and oxygen atoms in total. The van der Waals surface area contributed by atoms with Gasteiger partial charge in [-0.05, 0) is 18.6 Å². The summed E-state index contributed by atoms with van der Waals surface area (Å²) in [6.45, 7) is 1.72. The maximum Gasteiger partial charge on any atom is 0.129 e. The monoisotopic (exact) mass is 156 g/mol. The molecule has 1 aromatic carbocycles. The second kappa shape index (κ2) is 3.96. The first-order chi connectivity index (χ1) is 4.74. The van der Waals surface area contributed by atoms with Crippen molar-refractivity contribution < 1.29 is 9.13 Å². The molecular formula is C9H13FO. The van der Waals surface area contributed by atoms with Crippen LogP contribution in [0.4, 0.5) is 4.39 Å². The molecule has 0 amide bonds. The Morgan fingerprint density at radius 2 is 2.00 bits per heavy atom. The van der Waals surface area contributed by atoms with Crippen molar-refractivity contribution in [3.63, 3.8) is 0 Å². The minimum atomic E-state index is -0.223. The number of benzene rings is 1. The van der Waals surface area contributed by atoms with Gasteiger partial charge >= 0.3 is 0 Å². The van der Waals surface area contributed by atoms with E-state index in [1.54, 1.807) is 19.1 Å². The molecule has 0 saturated carbocycles. The predicted octanol–water partition coefficient (Wildman–Crippen LogP) is 2.78. The van der Waals surface area contributed by atoms with E-state index in [9.17, 15) is 4.39 Å². The largest absolute Gasteiger partial charge is 0.497 e. The predicted molar refractivity (Wildman–Crippen MR) is 44.4 cm³/mol. The van der Waals surface area contributed by atoms with Gasteiger partial charge in [0.15, 0.2) is 0 Å². The minimum Gasteiger partial charge on any atom is -0.497 e. The maximum absolute atomic E-state index is 12.7. The van der Waals surface area contributed by atoms with Crippen LogP contribution in [0.3, 0.4) is 0 Å². The molecule has 0 fully saturated rings. The van der Waals surface area contributed by atoms with Crippen LogP contribution < -0.4 is 4.74 Å². The van der Waals surface area contributed by atoms with Crippen LogP contribution in [0.25, 0.3) is 0 Å². The van der Waals surface area contributed by atoms with Crippen molar-refractivity contribution in [1.82, 2.24) is 0 Å². The van der Waals surface area contributed by atoms with Gasteiger partial charge in [0.1, 0.15) is 11.6 Å². The lowest BCUT2D eigenvalue weighted by Crippen LogP contribution is -1.85. The van der Waals surface area contributed by atoms with Gasteiger partial charge < -0.3 is 4.74 Å². The van der Waals surface area contributed by atoms with Crippen LogP contribution >= 0.6 is 0 Å². The molecule has 0 atom stereocenters. The lowest BCUT2D eigenvalue weighted by Gasteiger charge is -1.99. The molecule has 0 aromatic heterocycles. The molecule has 1 aromatic rings. The molecule has 0 saturated heterocycles. The highest BCUT2D eigenvalue weighted by Crippen LogP contribution is 2.14.